The minimum atomic E-state index is -4.12. The molecule has 1 aliphatic heterocycles. The first-order valence-corrected chi connectivity index (χ1v) is 7.60. The molecule has 0 radical (unpaired) electrons. The van der Waals surface area contributed by atoms with Crippen molar-refractivity contribution < 1.29 is 27.5 Å². The number of carboxylic acids is 1. The Balaban J connectivity index is 2.19. The highest BCUT2D eigenvalue weighted by molar-refractivity contribution is 7.89. The normalized spacial score (nSPS) is 19.1. The lowest BCUT2D eigenvalue weighted by Gasteiger charge is -2.23. The second-order valence-electron chi connectivity index (χ2n) is 4.61. The Morgan fingerprint density at radius 2 is 2.14 bits per heavy atom. The Morgan fingerprint density at radius 3 is 2.67 bits per heavy atom. The third kappa shape index (κ3) is 3.56. The Morgan fingerprint density at radius 1 is 1.43 bits per heavy atom. The average Bonchev–Trinajstić information content (AvgIpc) is 2.40. The van der Waals surface area contributed by atoms with Crippen LogP contribution in [0.1, 0.15) is 23.2 Å². The zero-order valence-electron chi connectivity index (χ0n) is 10.8. The molecular weight excluding hydrogens is 303 g/mol. The Labute approximate surface area is 120 Å². The minimum absolute atomic E-state index is 0.132. The van der Waals surface area contributed by atoms with E-state index in [2.05, 4.69) is 10.0 Å². The molecule has 2 rings (SSSR count). The van der Waals surface area contributed by atoms with E-state index in [-0.39, 0.29) is 24.4 Å². The molecule has 1 amide bonds. The molecule has 7 nitrogen and oxygen atoms in total. The number of carbonyl (C=O) groups is 2. The summed E-state index contributed by atoms with van der Waals surface area (Å²) in [6.07, 6.45) is 0.507. The van der Waals surface area contributed by atoms with E-state index in [4.69, 9.17) is 5.11 Å². The smallest absolute Gasteiger partial charge is 0.335 e. The summed E-state index contributed by atoms with van der Waals surface area (Å²) in [5.41, 5.74) is -0.337. The number of carbonyl (C=O) groups excluding carboxylic acids is 1. The van der Waals surface area contributed by atoms with Gasteiger partial charge in [0.15, 0.2) is 0 Å². The van der Waals surface area contributed by atoms with E-state index in [9.17, 15) is 22.4 Å². The van der Waals surface area contributed by atoms with Crippen molar-refractivity contribution in [2.45, 2.75) is 23.8 Å². The van der Waals surface area contributed by atoms with E-state index < -0.39 is 32.7 Å². The molecule has 1 fully saturated rings. The number of aromatic carboxylic acids is 1. The van der Waals surface area contributed by atoms with Gasteiger partial charge >= 0.3 is 5.97 Å². The summed E-state index contributed by atoms with van der Waals surface area (Å²) >= 11 is 0. The predicted molar refractivity (Wildman–Crippen MR) is 69.7 cm³/mol. The zero-order chi connectivity index (χ0) is 15.6. The highest BCUT2D eigenvalue weighted by Crippen LogP contribution is 2.17. The lowest BCUT2D eigenvalue weighted by molar-refractivity contribution is -0.122. The van der Waals surface area contributed by atoms with Crippen molar-refractivity contribution in [1.82, 2.24) is 10.0 Å². The number of nitrogens with one attached hydrogen (secondary N) is 2. The van der Waals surface area contributed by atoms with Crippen molar-refractivity contribution in [3.63, 3.8) is 0 Å². The number of hydrogen-bond acceptors (Lipinski definition) is 4. The van der Waals surface area contributed by atoms with Gasteiger partial charge in [-0.25, -0.2) is 22.3 Å². The van der Waals surface area contributed by atoms with Gasteiger partial charge in [0.05, 0.1) is 5.56 Å². The highest BCUT2D eigenvalue weighted by atomic mass is 32.2. The summed E-state index contributed by atoms with van der Waals surface area (Å²) < 4.78 is 40.2. The summed E-state index contributed by atoms with van der Waals surface area (Å²) in [5.74, 6) is -2.65. The molecule has 0 aliphatic carbocycles. The van der Waals surface area contributed by atoms with Crippen LogP contribution >= 0.6 is 0 Å². The van der Waals surface area contributed by atoms with Crippen LogP contribution in [0.5, 0.6) is 0 Å². The van der Waals surface area contributed by atoms with Gasteiger partial charge in [-0.05, 0) is 24.6 Å². The molecule has 1 aliphatic rings. The fourth-order valence-corrected chi connectivity index (χ4v) is 3.30. The lowest BCUT2D eigenvalue weighted by Crippen LogP contribution is -2.47. The topological polar surface area (TPSA) is 113 Å². The summed E-state index contributed by atoms with van der Waals surface area (Å²) in [6.45, 7) is 0.132. The highest BCUT2D eigenvalue weighted by Gasteiger charge is 2.26. The third-order valence-corrected chi connectivity index (χ3v) is 4.61. The van der Waals surface area contributed by atoms with Gasteiger partial charge in [0.25, 0.3) is 0 Å². The monoisotopic (exact) mass is 316 g/mol. The molecule has 0 saturated carbocycles. The quantitative estimate of drug-likeness (QED) is 0.728. The number of hydrogen-bond donors (Lipinski definition) is 3. The third-order valence-electron chi connectivity index (χ3n) is 3.06. The molecule has 0 spiro atoms. The number of carboxylic acid groups (broad SMARTS) is 1. The first kappa shape index (κ1) is 15.4. The molecule has 114 valence electrons. The van der Waals surface area contributed by atoms with Gasteiger partial charge in [-0.15, -0.1) is 0 Å². The van der Waals surface area contributed by atoms with Gasteiger partial charge in [0.2, 0.25) is 15.9 Å². The van der Waals surface area contributed by atoms with Crippen LogP contribution in [0.25, 0.3) is 0 Å². The lowest BCUT2D eigenvalue weighted by atomic mass is 10.1. The Hall–Kier alpha value is -2.00. The predicted octanol–water partition coefficient (Wildman–Crippen LogP) is 0.0808. The number of sulfonamides is 1. The van der Waals surface area contributed by atoms with Crippen LogP contribution in [-0.4, -0.2) is 38.0 Å². The van der Waals surface area contributed by atoms with Gasteiger partial charge in [0, 0.05) is 19.0 Å². The summed E-state index contributed by atoms with van der Waals surface area (Å²) in [7, 11) is -4.12. The van der Waals surface area contributed by atoms with Gasteiger partial charge < -0.3 is 10.4 Å². The van der Waals surface area contributed by atoms with E-state index in [1.54, 1.807) is 0 Å². The van der Waals surface area contributed by atoms with Gasteiger partial charge in [0.1, 0.15) is 10.7 Å². The van der Waals surface area contributed by atoms with Crippen LogP contribution < -0.4 is 10.0 Å². The Kier molecular flexibility index (Phi) is 4.24. The maximum atomic E-state index is 13.8. The molecule has 1 heterocycles. The first-order chi connectivity index (χ1) is 9.79. The fourth-order valence-electron chi connectivity index (χ4n) is 1.97. The van der Waals surface area contributed by atoms with Gasteiger partial charge in [-0.3, -0.25) is 4.79 Å². The number of rotatable bonds is 4. The fraction of sp³-hybridized carbons (Fsp3) is 0.333. The number of halogens is 1. The van der Waals surface area contributed by atoms with E-state index in [0.29, 0.717) is 12.5 Å². The van der Waals surface area contributed by atoms with E-state index >= 15 is 0 Å². The average molecular weight is 316 g/mol. The Bertz CT molecular complexity index is 679. The zero-order valence-corrected chi connectivity index (χ0v) is 11.6. The van der Waals surface area contributed by atoms with Crippen LogP contribution in [-0.2, 0) is 14.8 Å². The van der Waals surface area contributed by atoms with Crippen LogP contribution in [0, 0.1) is 5.82 Å². The largest absolute Gasteiger partial charge is 0.478 e. The number of piperidine rings is 1. The SMILES string of the molecule is O=C1CCC(NS(=O)(=O)c2ccc(C(=O)O)cc2F)CN1. The summed E-state index contributed by atoms with van der Waals surface area (Å²) in [6, 6.07) is 2.05. The molecule has 0 aromatic heterocycles. The van der Waals surface area contributed by atoms with E-state index in [1.807, 2.05) is 0 Å². The molecule has 1 unspecified atom stereocenters. The van der Waals surface area contributed by atoms with Crippen molar-refractivity contribution in [2.75, 3.05) is 6.54 Å². The molecular formula is C12H13FN2O5S. The van der Waals surface area contributed by atoms with Gasteiger partial charge in [-0.2, -0.15) is 0 Å². The first-order valence-electron chi connectivity index (χ1n) is 6.11. The summed E-state index contributed by atoms with van der Waals surface area (Å²) in [5, 5.41) is 11.2. The molecule has 0 bridgehead atoms. The molecule has 21 heavy (non-hydrogen) atoms. The van der Waals surface area contributed by atoms with Crippen molar-refractivity contribution >= 4 is 21.9 Å². The van der Waals surface area contributed by atoms with Gasteiger partial charge in [-0.1, -0.05) is 0 Å². The minimum Gasteiger partial charge on any atom is -0.478 e. The molecule has 1 aromatic rings. The van der Waals surface area contributed by atoms with E-state index in [0.717, 1.165) is 12.1 Å². The van der Waals surface area contributed by atoms with Crippen LogP contribution in [0.2, 0.25) is 0 Å². The molecule has 3 N–H and O–H groups in total. The maximum Gasteiger partial charge on any atom is 0.335 e. The standard InChI is InChI=1S/C12H13FN2O5S/c13-9-5-7(12(17)18)1-3-10(9)21(19,20)15-8-2-4-11(16)14-6-8/h1,3,5,8,15H,2,4,6H2,(H,14,16)(H,17,18). The van der Waals surface area contributed by atoms with Crippen LogP contribution in [0.3, 0.4) is 0 Å². The van der Waals surface area contributed by atoms with Crippen LogP contribution in [0.15, 0.2) is 23.1 Å². The maximum absolute atomic E-state index is 13.8. The second-order valence-corrected chi connectivity index (χ2v) is 6.29. The van der Waals surface area contributed by atoms with E-state index in [1.165, 1.54) is 0 Å². The van der Waals surface area contributed by atoms with Crippen molar-refractivity contribution in [1.29, 1.82) is 0 Å². The van der Waals surface area contributed by atoms with Crippen molar-refractivity contribution in [3.8, 4) is 0 Å². The summed E-state index contributed by atoms with van der Waals surface area (Å²) in [4.78, 5) is 21.1. The molecule has 1 atom stereocenters. The van der Waals surface area contributed by atoms with Crippen molar-refractivity contribution in [3.05, 3.63) is 29.6 Å². The number of benzene rings is 1. The molecule has 1 aromatic carbocycles. The second kappa shape index (κ2) is 5.78. The van der Waals surface area contributed by atoms with Crippen molar-refractivity contribution in [2.24, 2.45) is 0 Å². The molecule has 1 saturated heterocycles. The number of amides is 1. The van der Waals surface area contributed by atoms with Crippen LogP contribution in [0.4, 0.5) is 4.39 Å². The molecule has 9 heteroatoms.